The molecule has 104 valence electrons. The van der Waals surface area contributed by atoms with E-state index in [-0.39, 0.29) is 23.0 Å². The highest BCUT2D eigenvalue weighted by molar-refractivity contribution is 6.30. The SMILES string of the molecule is CC(C)C(CNC(=O)c1ccc(Cl)c(F)c1)C(=O)O. The van der Waals surface area contributed by atoms with Crippen LogP contribution < -0.4 is 5.32 Å². The summed E-state index contributed by atoms with van der Waals surface area (Å²) in [5.41, 5.74) is 0.106. The van der Waals surface area contributed by atoms with Crippen LogP contribution >= 0.6 is 11.6 Å². The molecule has 0 spiro atoms. The van der Waals surface area contributed by atoms with Crippen molar-refractivity contribution >= 4 is 23.5 Å². The highest BCUT2D eigenvalue weighted by atomic mass is 35.5. The van der Waals surface area contributed by atoms with E-state index in [1.54, 1.807) is 13.8 Å². The molecule has 4 nitrogen and oxygen atoms in total. The number of carboxylic acid groups (broad SMARTS) is 1. The van der Waals surface area contributed by atoms with Gasteiger partial charge in [0.2, 0.25) is 0 Å². The summed E-state index contributed by atoms with van der Waals surface area (Å²) in [4.78, 5) is 22.7. The van der Waals surface area contributed by atoms with Gasteiger partial charge in [-0.25, -0.2) is 4.39 Å². The Labute approximate surface area is 115 Å². The first-order chi connectivity index (χ1) is 8.82. The lowest BCUT2D eigenvalue weighted by Gasteiger charge is -2.16. The molecule has 1 unspecified atom stereocenters. The predicted octanol–water partition coefficient (Wildman–Crippen LogP) is 2.57. The third kappa shape index (κ3) is 4.21. The second kappa shape index (κ2) is 6.52. The van der Waals surface area contributed by atoms with Gasteiger partial charge in [0.25, 0.3) is 5.91 Å². The maximum absolute atomic E-state index is 13.2. The van der Waals surface area contributed by atoms with Crippen molar-refractivity contribution in [1.29, 1.82) is 0 Å². The molecular formula is C13H15ClFNO3. The van der Waals surface area contributed by atoms with Crippen molar-refractivity contribution in [3.8, 4) is 0 Å². The summed E-state index contributed by atoms with van der Waals surface area (Å²) in [5, 5.41) is 11.4. The van der Waals surface area contributed by atoms with Crippen LogP contribution in [0.25, 0.3) is 0 Å². The number of aliphatic carboxylic acids is 1. The van der Waals surface area contributed by atoms with Gasteiger partial charge in [0, 0.05) is 12.1 Å². The maximum Gasteiger partial charge on any atom is 0.308 e. The van der Waals surface area contributed by atoms with E-state index in [0.717, 1.165) is 6.07 Å². The molecule has 1 aromatic carbocycles. The lowest BCUT2D eigenvalue weighted by molar-refractivity contribution is -0.142. The molecule has 2 N–H and O–H groups in total. The van der Waals surface area contributed by atoms with Gasteiger partial charge in [-0.3, -0.25) is 9.59 Å². The second-order valence-electron chi connectivity index (χ2n) is 4.53. The van der Waals surface area contributed by atoms with Gasteiger partial charge in [0.1, 0.15) is 5.82 Å². The number of carbonyl (C=O) groups is 2. The molecule has 0 aliphatic carbocycles. The van der Waals surface area contributed by atoms with E-state index < -0.39 is 23.6 Å². The second-order valence-corrected chi connectivity index (χ2v) is 4.93. The normalized spacial score (nSPS) is 12.3. The molecule has 0 saturated heterocycles. The van der Waals surface area contributed by atoms with Crippen molar-refractivity contribution in [2.75, 3.05) is 6.54 Å². The van der Waals surface area contributed by atoms with Crippen molar-refractivity contribution in [2.45, 2.75) is 13.8 Å². The first-order valence-electron chi connectivity index (χ1n) is 5.79. The average molecular weight is 288 g/mol. The van der Waals surface area contributed by atoms with Gasteiger partial charge in [-0.15, -0.1) is 0 Å². The third-order valence-corrected chi connectivity index (χ3v) is 3.09. The zero-order valence-corrected chi connectivity index (χ0v) is 11.4. The lowest BCUT2D eigenvalue weighted by Crippen LogP contribution is -2.35. The van der Waals surface area contributed by atoms with E-state index in [9.17, 15) is 14.0 Å². The van der Waals surface area contributed by atoms with E-state index in [2.05, 4.69) is 5.32 Å². The number of benzene rings is 1. The first-order valence-corrected chi connectivity index (χ1v) is 6.16. The van der Waals surface area contributed by atoms with E-state index in [0.29, 0.717) is 0 Å². The first kappa shape index (κ1) is 15.4. The van der Waals surface area contributed by atoms with Crippen molar-refractivity contribution in [3.05, 3.63) is 34.6 Å². The number of halogens is 2. The van der Waals surface area contributed by atoms with E-state index in [1.165, 1.54) is 12.1 Å². The largest absolute Gasteiger partial charge is 0.481 e. The van der Waals surface area contributed by atoms with E-state index in [4.69, 9.17) is 16.7 Å². The number of hydrogen-bond donors (Lipinski definition) is 2. The Morgan fingerprint density at radius 1 is 1.42 bits per heavy atom. The average Bonchev–Trinajstić information content (AvgIpc) is 2.31. The van der Waals surface area contributed by atoms with Gasteiger partial charge in [-0.2, -0.15) is 0 Å². The van der Waals surface area contributed by atoms with Crippen LogP contribution in [-0.2, 0) is 4.79 Å². The van der Waals surface area contributed by atoms with Crippen LogP contribution in [0.5, 0.6) is 0 Å². The Kier molecular flexibility index (Phi) is 5.30. The summed E-state index contributed by atoms with van der Waals surface area (Å²) in [6, 6.07) is 3.68. The molecule has 6 heteroatoms. The minimum atomic E-state index is -0.974. The van der Waals surface area contributed by atoms with Crippen molar-refractivity contribution in [2.24, 2.45) is 11.8 Å². The van der Waals surface area contributed by atoms with Crippen LogP contribution in [0.15, 0.2) is 18.2 Å². The number of carbonyl (C=O) groups excluding carboxylic acids is 1. The molecule has 0 aliphatic rings. The number of rotatable bonds is 5. The van der Waals surface area contributed by atoms with Crippen LogP contribution in [0.4, 0.5) is 4.39 Å². The molecular weight excluding hydrogens is 273 g/mol. The minimum Gasteiger partial charge on any atom is -0.481 e. The molecule has 0 saturated carbocycles. The Bertz CT molecular complexity index is 491. The van der Waals surface area contributed by atoms with Gasteiger partial charge in [0.05, 0.1) is 10.9 Å². The molecule has 1 amide bonds. The number of nitrogens with one attached hydrogen (secondary N) is 1. The summed E-state index contributed by atoms with van der Waals surface area (Å²) in [6.45, 7) is 3.51. The fourth-order valence-electron chi connectivity index (χ4n) is 1.55. The smallest absolute Gasteiger partial charge is 0.308 e. The molecule has 0 heterocycles. The van der Waals surface area contributed by atoms with E-state index >= 15 is 0 Å². The zero-order valence-electron chi connectivity index (χ0n) is 10.6. The van der Waals surface area contributed by atoms with Crippen LogP contribution in [0, 0.1) is 17.7 Å². The summed E-state index contributed by atoms with van der Waals surface area (Å²) in [5.74, 6) is -2.98. The fraction of sp³-hybridized carbons (Fsp3) is 0.385. The molecule has 19 heavy (non-hydrogen) atoms. The van der Waals surface area contributed by atoms with E-state index in [1.807, 2.05) is 0 Å². The summed E-state index contributed by atoms with van der Waals surface area (Å²) in [6.07, 6.45) is 0. The molecule has 1 atom stereocenters. The molecule has 0 aromatic heterocycles. The Hall–Kier alpha value is -1.62. The molecule has 0 radical (unpaired) electrons. The molecule has 0 aliphatic heterocycles. The predicted molar refractivity (Wildman–Crippen MR) is 69.7 cm³/mol. The van der Waals surface area contributed by atoms with Gasteiger partial charge in [-0.05, 0) is 24.1 Å². The van der Waals surface area contributed by atoms with Crippen molar-refractivity contribution in [3.63, 3.8) is 0 Å². The van der Waals surface area contributed by atoms with Crippen molar-refractivity contribution < 1.29 is 19.1 Å². The standard InChI is InChI=1S/C13H15ClFNO3/c1-7(2)9(13(18)19)6-16-12(17)8-3-4-10(14)11(15)5-8/h3-5,7,9H,6H2,1-2H3,(H,16,17)(H,18,19). The summed E-state index contributed by atoms with van der Waals surface area (Å²) >= 11 is 5.51. The molecule has 0 fully saturated rings. The quantitative estimate of drug-likeness (QED) is 0.875. The van der Waals surface area contributed by atoms with Crippen LogP contribution in [0.3, 0.4) is 0 Å². The number of hydrogen-bond acceptors (Lipinski definition) is 2. The van der Waals surface area contributed by atoms with Gasteiger partial charge in [-0.1, -0.05) is 25.4 Å². The summed E-state index contributed by atoms with van der Waals surface area (Å²) < 4.78 is 13.2. The summed E-state index contributed by atoms with van der Waals surface area (Å²) in [7, 11) is 0. The van der Waals surface area contributed by atoms with Crippen LogP contribution in [-0.4, -0.2) is 23.5 Å². The monoisotopic (exact) mass is 287 g/mol. The van der Waals surface area contributed by atoms with Gasteiger partial charge in [0.15, 0.2) is 0 Å². The van der Waals surface area contributed by atoms with Crippen molar-refractivity contribution in [1.82, 2.24) is 5.32 Å². The molecule has 1 rings (SSSR count). The van der Waals surface area contributed by atoms with Crippen LogP contribution in [0.2, 0.25) is 5.02 Å². The third-order valence-electron chi connectivity index (χ3n) is 2.79. The minimum absolute atomic E-state index is 0.00389. The Balaban J connectivity index is 2.69. The Morgan fingerprint density at radius 2 is 2.05 bits per heavy atom. The zero-order chi connectivity index (χ0) is 14.6. The highest BCUT2D eigenvalue weighted by Gasteiger charge is 2.22. The number of amides is 1. The molecule has 0 bridgehead atoms. The topological polar surface area (TPSA) is 66.4 Å². The maximum atomic E-state index is 13.2. The number of carboxylic acids is 1. The highest BCUT2D eigenvalue weighted by Crippen LogP contribution is 2.16. The Morgan fingerprint density at radius 3 is 2.53 bits per heavy atom. The van der Waals surface area contributed by atoms with Gasteiger partial charge >= 0.3 is 5.97 Å². The fourth-order valence-corrected chi connectivity index (χ4v) is 1.67. The lowest BCUT2D eigenvalue weighted by atomic mass is 9.96. The van der Waals surface area contributed by atoms with Crippen LogP contribution in [0.1, 0.15) is 24.2 Å². The van der Waals surface area contributed by atoms with Gasteiger partial charge < -0.3 is 10.4 Å². The molecule has 1 aromatic rings.